The van der Waals surface area contributed by atoms with Crippen molar-refractivity contribution >= 4 is 43.5 Å². The molecule has 0 bridgehead atoms. The minimum atomic E-state index is -3.45. The lowest BCUT2D eigenvalue weighted by Crippen LogP contribution is -2.12. The summed E-state index contributed by atoms with van der Waals surface area (Å²) < 4.78 is 33.0. The molecule has 0 atom stereocenters. The first kappa shape index (κ1) is 24.6. The molecule has 0 unspecified atom stereocenters. The lowest BCUT2D eigenvalue weighted by Gasteiger charge is -2.16. The maximum absolute atomic E-state index is 11.4. The Kier molecular flexibility index (Phi) is 9.10. The predicted octanol–water partition coefficient (Wildman–Crippen LogP) is 4.32. The van der Waals surface area contributed by atoms with E-state index in [-0.39, 0.29) is 12.3 Å². The summed E-state index contributed by atoms with van der Waals surface area (Å²) >= 11 is 4.61. The number of nitro benzene ring substituents is 1. The Labute approximate surface area is 189 Å². The Morgan fingerprint density at radius 3 is 2.47 bits per heavy atom. The van der Waals surface area contributed by atoms with Crippen molar-refractivity contribution in [3.8, 4) is 5.75 Å². The van der Waals surface area contributed by atoms with Crippen LogP contribution < -0.4 is 4.74 Å². The molecule has 0 heterocycles. The van der Waals surface area contributed by atoms with E-state index in [2.05, 4.69) is 15.9 Å². The van der Waals surface area contributed by atoms with Crippen LogP contribution in [0, 0.1) is 10.1 Å². The fourth-order valence-corrected chi connectivity index (χ4v) is 4.28. The second kappa shape index (κ2) is 11.1. The van der Waals surface area contributed by atoms with Gasteiger partial charge in [0.05, 0.1) is 29.3 Å². The third kappa shape index (κ3) is 8.23. The van der Waals surface area contributed by atoms with E-state index in [1.165, 1.54) is 17.8 Å². The van der Waals surface area contributed by atoms with Gasteiger partial charge in [-0.2, -0.15) is 8.42 Å². The van der Waals surface area contributed by atoms with Crippen LogP contribution in [0.3, 0.4) is 0 Å². The number of rotatable bonds is 11. The van der Waals surface area contributed by atoms with Crippen LogP contribution in [0.4, 0.5) is 5.69 Å². The van der Waals surface area contributed by atoms with Gasteiger partial charge in [-0.3, -0.25) is 14.3 Å². The summed E-state index contributed by atoms with van der Waals surface area (Å²) in [5, 5.41) is 11.4. The van der Waals surface area contributed by atoms with E-state index in [1.807, 2.05) is 31.1 Å². The molecule has 30 heavy (non-hydrogen) atoms. The van der Waals surface area contributed by atoms with E-state index in [1.54, 1.807) is 18.2 Å². The zero-order valence-electron chi connectivity index (χ0n) is 16.8. The lowest BCUT2D eigenvalue weighted by molar-refractivity contribution is -0.387. The van der Waals surface area contributed by atoms with E-state index in [4.69, 9.17) is 8.92 Å². The van der Waals surface area contributed by atoms with Crippen LogP contribution in [0.15, 0.2) is 50.7 Å². The highest BCUT2D eigenvalue weighted by Crippen LogP contribution is 2.39. The number of benzene rings is 2. The van der Waals surface area contributed by atoms with Gasteiger partial charge in [0.2, 0.25) is 0 Å². The Morgan fingerprint density at radius 1 is 1.13 bits per heavy atom. The minimum Gasteiger partial charge on any atom is -0.493 e. The first-order valence-corrected chi connectivity index (χ1v) is 12.3. The first-order valence-electron chi connectivity index (χ1n) is 8.92. The molecule has 164 valence electrons. The topological polar surface area (TPSA) is 99.0 Å². The average molecular weight is 519 g/mol. The van der Waals surface area contributed by atoms with Crippen LogP contribution in [-0.2, 0) is 20.8 Å². The quantitative estimate of drug-likeness (QED) is 0.187. The van der Waals surface area contributed by atoms with Crippen molar-refractivity contribution < 1.29 is 22.3 Å². The van der Waals surface area contributed by atoms with Crippen molar-refractivity contribution in [2.24, 2.45) is 0 Å². The van der Waals surface area contributed by atoms with Gasteiger partial charge in [0.1, 0.15) is 5.75 Å². The van der Waals surface area contributed by atoms with Crippen LogP contribution in [-0.4, -0.2) is 51.8 Å². The van der Waals surface area contributed by atoms with Gasteiger partial charge in [-0.25, -0.2) is 0 Å². The number of hydrogen-bond donors (Lipinski definition) is 0. The number of hydrogen-bond acceptors (Lipinski definition) is 8. The molecule has 0 aliphatic rings. The number of halogens is 1. The van der Waals surface area contributed by atoms with Crippen LogP contribution >= 0.6 is 27.7 Å². The zero-order valence-corrected chi connectivity index (χ0v) is 20.0. The van der Waals surface area contributed by atoms with Crippen LogP contribution in [0.2, 0.25) is 0 Å². The number of nitro groups is 1. The second-order valence-electron chi connectivity index (χ2n) is 6.71. The molecule has 2 aromatic rings. The summed E-state index contributed by atoms with van der Waals surface area (Å²) in [6.45, 7) is 0.993. The third-order valence-electron chi connectivity index (χ3n) is 3.71. The zero-order chi connectivity index (χ0) is 22.3. The van der Waals surface area contributed by atoms with E-state index < -0.39 is 15.0 Å². The molecule has 0 saturated heterocycles. The van der Waals surface area contributed by atoms with Gasteiger partial charge in [-0.1, -0.05) is 27.7 Å². The SMILES string of the molecule is CN(C)Cc1cc(OCCCOS(C)(=O)=O)ccc1Sc1ccc(Br)cc1[N+](=O)[O-]. The highest BCUT2D eigenvalue weighted by Gasteiger charge is 2.17. The maximum atomic E-state index is 11.4. The summed E-state index contributed by atoms with van der Waals surface area (Å²) in [6, 6.07) is 10.5. The van der Waals surface area contributed by atoms with Crippen LogP contribution in [0.25, 0.3) is 0 Å². The average Bonchev–Trinajstić information content (AvgIpc) is 2.63. The van der Waals surface area contributed by atoms with Gasteiger partial charge in [0.25, 0.3) is 15.8 Å². The highest BCUT2D eigenvalue weighted by molar-refractivity contribution is 9.10. The largest absolute Gasteiger partial charge is 0.493 e. The Bertz CT molecular complexity index is 999. The maximum Gasteiger partial charge on any atom is 0.284 e. The Morgan fingerprint density at radius 2 is 1.83 bits per heavy atom. The van der Waals surface area contributed by atoms with Gasteiger partial charge in [-0.05, 0) is 50.0 Å². The molecular formula is C19H23BrN2O6S2. The van der Waals surface area contributed by atoms with Gasteiger partial charge in [0.15, 0.2) is 0 Å². The molecule has 2 aromatic carbocycles. The summed E-state index contributed by atoms with van der Waals surface area (Å²) in [6.07, 6.45) is 1.44. The van der Waals surface area contributed by atoms with Gasteiger partial charge in [-0.15, -0.1) is 0 Å². The van der Waals surface area contributed by atoms with Gasteiger partial charge < -0.3 is 9.64 Å². The second-order valence-corrected chi connectivity index (χ2v) is 10.4. The van der Waals surface area contributed by atoms with E-state index in [0.29, 0.717) is 34.7 Å². The molecule has 0 aliphatic heterocycles. The summed E-state index contributed by atoms with van der Waals surface area (Å²) in [5.74, 6) is 0.640. The summed E-state index contributed by atoms with van der Waals surface area (Å²) in [7, 11) is 0.422. The molecular weight excluding hydrogens is 496 g/mol. The molecule has 8 nitrogen and oxygen atoms in total. The molecule has 0 N–H and O–H groups in total. The molecule has 0 fully saturated rings. The molecule has 2 rings (SSSR count). The highest BCUT2D eigenvalue weighted by atomic mass is 79.9. The summed E-state index contributed by atoms with van der Waals surface area (Å²) in [5.41, 5.74) is 1.00. The van der Waals surface area contributed by atoms with Crippen LogP contribution in [0.1, 0.15) is 12.0 Å². The Balaban J connectivity index is 2.16. The number of nitrogens with zero attached hydrogens (tertiary/aromatic N) is 2. The first-order chi connectivity index (χ1) is 14.0. The van der Waals surface area contributed by atoms with E-state index in [9.17, 15) is 18.5 Å². The smallest absolute Gasteiger partial charge is 0.284 e. The van der Waals surface area contributed by atoms with Crippen molar-refractivity contribution in [1.82, 2.24) is 4.90 Å². The van der Waals surface area contributed by atoms with Crippen molar-refractivity contribution in [1.29, 1.82) is 0 Å². The fourth-order valence-electron chi connectivity index (χ4n) is 2.51. The molecule has 0 aliphatic carbocycles. The van der Waals surface area contributed by atoms with E-state index >= 15 is 0 Å². The molecule has 0 radical (unpaired) electrons. The normalized spacial score (nSPS) is 11.6. The van der Waals surface area contributed by atoms with Crippen molar-refractivity contribution in [2.75, 3.05) is 33.6 Å². The Hall–Kier alpha value is -1.66. The van der Waals surface area contributed by atoms with Crippen molar-refractivity contribution in [3.63, 3.8) is 0 Å². The molecule has 0 spiro atoms. The minimum absolute atomic E-state index is 0.0383. The van der Waals surface area contributed by atoms with Crippen LogP contribution in [0.5, 0.6) is 5.75 Å². The predicted molar refractivity (Wildman–Crippen MR) is 120 cm³/mol. The third-order valence-corrected chi connectivity index (χ3v) is 5.98. The lowest BCUT2D eigenvalue weighted by atomic mass is 10.2. The standard InChI is InChI=1S/C19H23BrN2O6S2/c1-21(2)13-14-11-16(27-9-4-10-28-30(3,25)26)6-8-18(14)29-19-7-5-15(20)12-17(19)22(23)24/h5-8,11-12H,4,9-10,13H2,1-3H3. The summed E-state index contributed by atoms with van der Waals surface area (Å²) in [4.78, 5) is 14.5. The van der Waals surface area contributed by atoms with Crippen molar-refractivity contribution in [2.45, 2.75) is 22.8 Å². The molecule has 0 amide bonds. The molecule has 0 saturated carbocycles. The fraction of sp³-hybridized carbons (Fsp3) is 0.368. The molecule has 0 aromatic heterocycles. The van der Waals surface area contributed by atoms with Gasteiger partial charge in [0, 0.05) is 28.4 Å². The van der Waals surface area contributed by atoms with Crippen molar-refractivity contribution in [3.05, 3.63) is 56.5 Å². The number of ether oxygens (including phenoxy) is 1. The monoisotopic (exact) mass is 518 g/mol. The van der Waals surface area contributed by atoms with Gasteiger partial charge >= 0.3 is 0 Å². The molecule has 11 heteroatoms. The van der Waals surface area contributed by atoms with E-state index in [0.717, 1.165) is 16.7 Å².